The lowest BCUT2D eigenvalue weighted by Crippen LogP contribution is -2.35. The van der Waals surface area contributed by atoms with Crippen LogP contribution < -0.4 is 5.32 Å². The van der Waals surface area contributed by atoms with Gasteiger partial charge in [-0.05, 0) is 38.3 Å². The van der Waals surface area contributed by atoms with Gasteiger partial charge >= 0.3 is 0 Å². The van der Waals surface area contributed by atoms with Crippen molar-refractivity contribution in [3.63, 3.8) is 0 Å². The number of aliphatic hydroxyl groups excluding tert-OH is 1. The Morgan fingerprint density at radius 1 is 1.31 bits per heavy atom. The summed E-state index contributed by atoms with van der Waals surface area (Å²) in [6, 6.07) is 4.23. The van der Waals surface area contributed by atoms with Gasteiger partial charge < -0.3 is 14.8 Å². The molecule has 16 heavy (non-hydrogen) atoms. The molecule has 0 aliphatic heterocycles. The first-order valence-corrected chi connectivity index (χ1v) is 5.96. The Morgan fingerprint density at radius 3 is 2.44 bits per heavy atom. The van der Waals surface area contributed by atoms with Crippen LogP contribution in [0.1, 0.15) is 44.8 Å². The van der Waals surface area contributed by atoms with Crippen LogP contribution in [0.25, 0.3) is 0 Å². The highest BCUT2D eigenvalue weighted by atomic mass is 16.3. The van der Waals surface area contributed by atoms with Gasteiger partial charge in [-0.2, -0.15) is 0 Å². The molecule has 2 N–H and O–H groups in total. The fourth-order valence-electron chi connectivity index (χ4n) is 1.89. The molecular weight excluding hydrogens is 202 g/mol. The molecule has 92 valence electrons. The van der Waals surface area contributed by atoms with Gasteiger partial charge in [0.15, 0.2) is 0 Å². The summed E-state index contributed by atoms with van der Waals surface area (Å²) in [4.78, 5) is 0. The minimum atomic E-state index is 0.139. The molecule has 0 fully saturated rings. The summed E-state index contributed by atoms with van der Waals surface area (Å²) in [6.45, 7) is 8.48. The molecule has 0 aliphatic rings. The number of rotatable bonds is 6. The maximum absolute atomic E-state index is 9.28. The van der Waals surface area contributed by atoms with E-state index in [2.05, 4.69) is 26.1 Å². The largest absolute Gasteiger partial charge is 0.465 e. The summed E-state index contributed by atoms with van der Waals surface area (Å²) in [6.07, 6.45) is 0.973. The van der Waals surface area contributed by atoms with E-state index in [-0.39, 0.29) is 18.7 Å². The highest BCUT2D eigenvalue weighted by Crippen LogP contribution is 2.17. The molecule has 2 atom stereocenters. The summed E-state index contributed by atoms with van der Waals surface area (Å²) in [7, 11) is 0. The molecule has 0 spiro atoms. The summed E-state index contributed by atoms with van der Waals surface area (Å²) < 4.78 is 5.55. The fraction of sp³-hybridized carbons (Fsp3) is 0.692. The Morgan fingerprint density at radius 2 is 2.00 bits per heavy atom. The number of aliphatic hydroxyl groups is 1. The third-order valence-corrected chi connectivity index (χ3v) is 2.65. The Kier molecular flexibility index (Phi) is 5.03. The number of nitrogens with one attached hydrogen (secondary N) is 1. The summed E-state index contributed by atoms with van der Waals surface area (Å²) in [5, 5.41) is 12.7. The SMILES string of the molecule is Cc1ccc(C(C)NC(CO)CC(C)C)o1. The average Bonchev–Trinajstić information content (AvgIpc) is 2.63. The van der Waals surface area contributed by atoms with Gasteiger partial charge in [0.05, 0.1) is 12.6 Å². The van der Waals surface area contributed by atoms with E-state index < -0.39 is 0 Å². The lowest BCUT2D eigenvalue weighted by Gasteiger charge is -2.22. The van der Waals surface area contributed by atoms with Crippen molar-refractivity contribution in [2.45, 2.75) is 46.2 Å². The van der Waals surface area contributed by atoms with Gasteiger partial charge in [0.2, 0.25) is 0 Å². The number of hydrogen-bond acceptors (Lipinski definition) is 3. The van der Waals surface area contributed by atoms with E-state index in [0.29, 0.717) is 5.92 Å². The molecule has 1 rings (SSSR count). The standard InChI is InChI=1S/C13H23NO2/c1-9(2)7-12(8-15)14-11(4)13-6-5-10(3)16-13/h5-6,9,11-12,14-15H,7-8H2,1-4H3. The molecule has 0 amide bonds. The van der Waals surface area contributed by atoms with Crippen LogP contribution in [0, 0.1) is 12.8 Å². The third-order valence-electron chi connectivity index (χ3n) is 2.65. The van der Waals surface area contributed by atoms with Crippen molar-refractivity contribution >= 4 is 0 Å². The first kappa shape index (κ1) is 13.3. The summed E-state index contributed by atoms with van der Waals surface area (Å²) >= 11 is 0. The van der Waals surface area contributed by atoms with E-state index in [1.54, 1.807) is 0 Å². The quantitative estimate of drug-likeness (QED) is 0.782. The number of furan rings is 1. The fourth-order valence-corrected chi connectivity index (χ4v) is 1.89. The van der Waals surface area contributed by atoms with Gasteiger partial charge in [0, 0.05) is 6.04 Å². The monoisotopic (exact) mass is 225 g/mol. The minimum absolute atomic E-state index is 0.139. The smallest absolute Gasteiger partial charge is 0.120 e. The molecule has 3 heteroatoms. The number of hydrogen-bond donors (Lipinski definition) is 2. The Bertz CT molecular complexity index is 307. The molecule has 0 bridgehead atoms. The molecule has 1 aromatic rings. The predicted octanol–water partition coefficient (Wildman–Crippen LogP) is 2.65. The van der Waals surface area contributed by atoms with Crippen molar-refractivity contribution < 1.29 is 9.52 Å². The second kappa shape index (κ2) is 6.06. The lowest BCUT2D eigenvalue weighted by molar-refractivity contribution is 0.210. The van der Waals surface area contributed by atoms with Crippen LogP contribution in [0.5, 0.6) is 0 Å². The Labute approximate surface area is 97.9 Å². The molecule has 3 nitrogen and oxygen atoms in total. The predicted molar refractivity (Wildman–Crippen MR) is 65.3 cm³/mol. The topological polar surface area (TPSA) is 45.4 Å². The normalized spacial score (nSPS) is 15.4. The second-order valence-electron chi connectivity index (χ2n) is 4.85. The zero-order valence-corrected chi connectivity index (χ0v) is 10.7. The van der Waals surface area contributed by atoms with Crippen LogP contribution in [-0.2, 0) is 0 Å². The summed E-state index contributed by atoms with van der Waals surface area (Å²) in [5.41, 5.74) is 0. The molecular formula is C13H23NO2. The van der Waals surface area contributed by atoms with Gasteiger partial charge in [-0.3, -0.25) is 0 Å². The van der Waals surface area contributed by atoms with Crippen LogP contribution in [-0.4, -0.2) is 17.8 Å². The molecule has 0 saturated carbocycles. The summed E-state index contributed by atoms with van der Waals surface area (Å²) in [5.74, 6) is 2.43. The molecule has 0 aromatic carbocycles. The van der Waals surface area contributed by atoms with Crippen LogP contribution in [0.3, 0.4) is 0 Å². The minimum Gasteiger partial charge on any atom is -0.465 e. The van der Waals surface area contributed by atoms with E-state index in [0.717, 1.165) is 17.9 Å². The average molecular weight is 225 g/mol. The van der Waals surface area contributed by atoms with Crippen LogP contribution in [0.4, 0.5) is 0 Å². The van der Waals surface area contributed by atoms with Crippen LogP contribution in [0.2, 0.25) is 0 Å². The zero-order chi connectivity index (χ0) is 12.1. The molecule has 0 aliphatic carbocycles. The third kappa shape index (κ3) is 3.99. The maximum atomic E-state index is 9.28. The van der Waals surface area contributed by atoms with E-state index in [1.165, 1.54) is 0 Å². The first-order chi connectivity index (χ1) is 7.52. The molecule has 0 saturated heterocycles. The molecule has 1 heterocycles. The molecule has 0 radical (unpaired) electrons. The van der Waals surface area contributed by atoms with E-state index >= 15 is 0 Å². The van der Waals surface area contributed by atoms with E-state index in [4.69, 9.17) is 4.42 Å². The van der Waals surface area contributed by atoms with Gasteiger partial charge in [-0.25, -0.2) is 0 Å². The highest BCUT2D eigenvalue weighted by molar-refractivity contribution is 5.09. The van der Waals surface area contributed by atoms with Gasteiger partial charge in [-0.1, -0.05) is 13.8 Å². The van der Waals surface area contributed by atoms with Crippen molar-refractivity contribution in [2.75, 3.05) is 6.61 Å². The van der Waals surface area contributed by atoms with Crippen molar-refractivity contribution in [1.29, 1.82) is 0 Å². The highest BCUT2D eigenvalue weighted by Gasteiger charge is 2.15. The molecule has 1 aromatic heterocycles. The zero-order valence-electron chi connectivity index (χ0n) is 10.7. The molecule has 2 unspecified atom stereocenters. The van der Waals surface area contributed by atoms with Gasteiger partial charge in [0.25, 0.3) is 0 Å². The van der Waals surface area contributed by atoms with Gasteiger partial charge in [-0.15, -0.1) is 0 Å². The van der Waals surface area contributed by atoms with Crippen molar-refractivity contribution in [1.82, 2.24) is 5.32 Å². The maximum Gasteiger partial charge on any atom is 0.120 e. The number of aryl methyl sites for hydroxylation is 1. The van der Waals surface area contributed by atoms with Gasteiger partial charge in [0.1, 0.15) is 11.5 Å². The second-order valence-corrected chi connectivity index (χ2v) is 4.85. The van der Waals surface area contributed by atoms with Crippen molar-refractivity contribution in [3.05, 3.63) is 23.7 Å². The Balaban J connectivity index is 2.51. The van der Waals surface area contributed by atoms with Crippen LogP contribution >= 0.6 is 0 Å². The van der Waals surface area contributed by atoms with E-state index in [9.17, 15) is 5.11 Å². The lowest BCUT2D eigenvalue weighted by atomic mass is 10.0. The van der Waals surface area contributed by atoms with Crippen LogP contribution in [0.15, 0.2) is 16.5 Å². The van der Waals surface area contributed by atoms with E-state index in [1.807, 2.05) is 19.1 Å². The van der Waals surface area contributed by atoms with Crippen molar-refractivity contribution in [2.24, 2.45) is 5.92 Å². The van der Waals surface area contributed by atoms with Crippen molar-refractivity contribution in [3.8, 4) is 0 Å². The Hall–Kier alpha value is -0.800. The first-order valence-electron chi connectivity index (χ1n) is 5.96.